The van der Waals surface area contributed by atoms with Crippen LogP contribution in [0.3, 0.4) is 0 Å². The van der Waals surface area contributed by atoms with E-state index in [0.29, 0.717) is 0 Å². The molecule has 0 fully saturated rings. The summed E-state index contributed by atoms with van der Waals surface area (Å²) in [7, 11) is 0. The maximum absolute atomic E-state index is 4.64. The molecule has 108 valence electrons. The summed E-state index contributed by atoms with van der Waals surface area (Å²) in [5.74, 6) is 0. The molecule has 0 unspecified atom stereocenters. The van der Waals surface area contributed by atoms with Gasteiger partial charge in [0.15, 0.2) is 6.17 Å². The lowest BCUT2D eigenvalue weighted by atomic mass is 10.2. The van der Waals surface area contributed by atoms with E-state index in [0.717, 1.165) is 28.3 Å². The van der Waals surface area contributed by atoms with Crippen LogP contribution in [0.1, 0.15) is 34.5 Å². The highest BCUT2D eigenvalue weighted by molar-refractivity contribution is 5.21. The fourth-order valence-electron chi connectivity index (χ4n) is 2.70. The van der Waals surface area contributed by atoms with E-state index < -0.39 is 0 Å². The van der Waals surface area contributed by atoms with E-state index in [-0.39, 0.29) is 6.17 Å². The van der Waals surface area contributed by atoms with Crippen molar-refractivity contribution in [3.63, 3.8) is 0 Å². The zero-order valence-electron chi connectivity index (χ0n) is 12.8. The smallest absolute Gasteiger partial charge is 0.170 e. The number of aryl methyl sites for hydroxylation is 4. The topological polar surface area (TPSA) is 48.5 Å². The third-order valence-corrected chi connectivity index (χ3v) is 3.54. The van der Waals surface area contributed by atoms with Crippen LogP contribution in [-0.2, 0) is 0 Å². The highest BCUT2D eigenvalue weighted by atomic mass is 15.5. The molecule has 5 nitrogen and oxygen atoms in total. The molecule has 0 saturated heterocycles. The lowest BCUT2D eigenvalue weighted by Gasteiger charge is -2.21. The molecule has 0 spiro atoms. The van der Waals surface area contributed by atoms with Crippen LogP contribution in [0.4, 0.5) is 0 Å². The van der Waals surface area contributed by atoms with E-state index in [9.17, 15) is 0 Å². The summed E-state index contributed by atoms with van der Waals surface area (Å²) in [6, 6.07) is 8.16. The Labute approximate surface area is 124 Å². The van der Waals surface area contributed by atoms with Gasteiger partial charge in [-0.25, -0.2) is 9.36 Å². The van der Waals surface area contributed by atoms with Gasteiger partial charge >= 0.3 is 0 Å². The minimum absolute atomic E-state index is 0.110. The Balaban J connectivity index is 2.21. The van der Waals surface area contributed by atoms with Gasteiger partial charge in [-0.2, -0.15) is 10.2 Å². The van der Waals surface area contributed by atoms with E-state index in [1.165, 1.54) is 0 Å². The molecule has 5 heteroatoms. The van der Waals surface area contributed by atoms with Crippen LogP contribution in [0.15, 0.2) is 36.7 Å². The van der Waals surface area contributed by atoms with Crippen molar-refractivity contribution in [2.45, 2.75) is 33.9 Å². The Morgan fingerprint density at radius 2 is 1.48 bits per heavy atom. The predicted octanol–water partition coefficient (Wildman–Crippen LogP) is 2.80. The fourth-order valence-corrected chi connectivity index (χ4v) is 2.70. The zero-order chi connectivity index (χ0) is 15.0. The van der Waals surface area contributed by atoms with Crippen LogP contribution < -0.4 is 0 Å². The molecule has 0 atom stereocenters. The molecular formula is C16H19N5. The Morgan fingerprint density at radius 1 is 0.905 bits per heavy atom. The molecule has 3 aromatic rings. The van der Waals surface area contributed by atoms with Gasteiger partial charge in [-0.3, -0.25) is 4.98 Å². The first kappa shape index (κ1) is 13.5. The van der Waals surface area contributed by atoms with E-state index in [1.54, 1.807) is 6.20 Å². The predicted molar refractivity (Wildman–Crippen MR) is 81.2 cm³/mol. The summed E-state index contributed by atoms with van der Waals surface area (Å²) in [4.78, 5) is 4.25. The molecule has 3 heterocycles. The lowest BCUT2D eigenvalue weighted by molar-refractivity contribution is 0.400. The Hall–Kier alpha value is -2.43. The molecule has 0 aliphatic carbocycles. The summed E-state index contributed by atoms with van der Waals surface area (Å²) in [5.41, 5.74) is 5.28. The minimum atomic E-state index is -0.110. The second-order valence-electron chi connectivity index (χ2n) is 5.40. The molecule has 0 amide bonds. The summed E-state index contributed by atoms with van der Waals surface area (Å²) >= 11 is 0. The van der Waals surface area contributed by atoms with E-state index in [1.807, 2.05) is 35.5 Å². The SMILES string of the molecule is Cc1cc(C)n(C(c2cccnc2)n2nc(C)cc2C)n1. The van der Waals surface area contributed by atoms with Gasteiger partial charge in [-0.1, -0.05) is 6.07 Å². The quantitative estimate of drug-likeness (QED) is 0.741. The summed E-state index contributed by atoms with van der Waals surface area (Å²) in [6.07, 6.45) is 3.54. The fraction of sp³-hybridized carbons (Fsp3) is 0.312. The van der Waals surface area contributed by atoms with Crippen molar-refractivity contribution >= 4 is 0 Å². The van der Waals surface area contributed by atoms with Gasteiger partial charge in [0.05, 0.1) is 11.4 Å². The Bertz CT molecular complexity index is 708. The van der Waals surface area contributed by atoms with Crippen LogP contribution in [0.5, 0.6) is 0 Å². The second-order valence-corrected chi connectivity index (χ2v) is 5.40. The molecule has 0 saturated carbocycles. The first-order chi connectivity index (χ1) is 10.1. The van der Waals surface area contributed by atoms with E-state index in [4.69, 9.17) is 0 Å². The largest absolute Gasteiger partial charge is 0.264 e. The van der Waals surface area contributed by atoms with Crippen molar-refractivity contribution in [2.75, 3.05) is 0 Å². The van der Waals surface area contributed by atoms with E-state index in [2.05, 4.69) is 47.2 Å². The number of nitrogens with zero attached hydrogens (tertiary/aromatic N) is 5. The highest BCUT2D eigenvalue weighted by Gasteiger charge is 2.21. The first-order valence-electron chi connectivity index (χ1n) is 7.01. The maximum Gasteiger partial charge on any atom is 0.170 e. The van der Waals surface area contributed by atoms with Gasteiger partial charge in [0, 0.05) is 29.3 Å². The molecule has 0 bridgehead atoms. The van der Waals surface area contributed by atoms with Gasteiger partial charge in [-0.15, -0.1) is 0 Å². The summed E-state index contributed by atoms with van der Waals surface area (Å²) < 4.78 is 4.01. The van der Waals surface area contributed by atoms with Crippen LogP contribution in [0, 0.1) is 27.7 Å². The van der Waals surface area contributed by atoms with Crippen molar-refractivity contribution in [3.05, 3.63) is 65.0 Å². The van der Waals surface area contributed by atoms with Gasteiger partial charge in [0.2, 0.25) is 0 Å². The van der Waals surface area contributed by atoms with Crippen molar-refractivity contribution in [1.29, 1.82) is 0 Å². The Morgan fingerprint density at radius 3 is 1.86 bits per heavy atom. The van der Waals surface area contributed by atoms with Crippen molar-refractivity contribution in [2.24, 2.45) is 0 Å². The molecule has 21 heavy (non-hydrogen) atoms. The Kier molecular flexibility index (Phi) is 3.33. The van der Waals surface area contributed by atoms with Gasteiger partial charge in [-0.05, 0) is 45.9 Å². The van der Waals surface area contributed by atoms with Gasteiger partial charge < -0.3 is 0 Å². The third kappa shape index (κ3) is 2.46. The summed E-state index contributed by atoms with van der Waals surface area (Å²) in [6.45, 7) is 8.14. The number of hydrogen-bond donors (Lipinski definition) is 0. The number of rotatable bonds is 3. The highest BCUT2D eigenvalue weighted by Crippen LogP contribution is 2.23. The van der Waals surface area contributed by atoms with Gasteiger partial charge in [0.1, 0.15) is 0 Å². The molecule has 3 aromatic heterocycles. The average molecular weight is 281 g/mol. The first-order valence-corrected chi connectivity index (χ1v) is 7.01. The molecule has 0 aromatic carbocycles. The molecule has 3 rings (SSSR count). The molecule has 0 N–H and O–H groups in total. The van der Waals surface area contributed by atoms with Crippen LogP contribution in [0.25, 0.3) is 0 Å². The van der Waals surface area contributed by atoms with E-state index >= 15 is 0 Å². The third-order valence-electron chi connectivity index (χ3n) is 3.54. The van der Waals surface area contributed by atoms with Gasteiger partial charge in [0.25, 0.3) is 0 Å². The van der Waals surface area contributed by atoms with Crippen LogP contribution in [-0.4, -0.2) is 24.5 Å². The minimum Gasteiger partial charge on any atom is -0.264 e. The van der Waals surface area contributed by atoms with Crippen LogP contribution >= 0.6 is 0 Å². The van der Waals surface area contributed by atoms with Crippen molar-refractivity contribution < 1.29 is 0 Å². The maximum atomic E-state index is 4.64. The molecule has 0 aliphatic heterocycles. The number of aromatic nitrogens is 5. The average Bonchev–Trinajstić information content (AvgIpc) is 2.94. The molecular weight excluding hydrogens is 262 g/mol. The normalized spacial score (nSPS) is 11.3. The number of pyridine rings is 1. The van der Waals surface area contributed by atoms with Crippen molar-refractivity contribution in [1.82, 2.24) is 24.5 Å². The summed E-state index contributed by atoms with van der Waals surface area (Å²) in [5, 5.41) is 9.28. The standard InChI is InChI=1S/C16H19N5/c1-11-8-13(3)20(18-11)16(15-6-5-7-17-10-15)21-14(4)9-12(2)19-21/h5-10,16H,1-4H3. The molecule has 0 aliphatic rings. The van der Waals surface area contributed by atoms with Crippen LogP contribution in [0.2, 0.25) is 0 Å². The second kappa shape index (κ2) is 5.16. The zero-order valence-corrected chi connectivity index (χ0v) is 12.8. The lowest BCUT2D eigenvalue weighted by Crippen LogP contribution is -2.24. The van der Waals surface area contributed by atoms with Crippen molar-refractivity contribution in [3.8, 4) is 0 Å². The molecule has 0 radical (unpaired) electrons. The monoisotopic (exact) mass is 281 g/mol. The number of hydrogen-bond acceptors (Lipinski definition) is 3.